The van der Waals surface area contributed by atoms with E-state index in [-0.39, 0.29) is 27.9 Å². The zero-order valence-corrected chi connectivity index (χ0v) is 24.2. The average molecular weight is 600 g/mol. The molecule has 0 atom stereocenters. The van der Waals surface area contributed by atoms with E-state index in [0.717, 1.165) is 12.1 Å². The SMILES string of the molecule is CCc1ncnc(-c2cccnc2Oc2ccc(Cl)c(NC(=O)c3cc(C(F)(F)F)ccc3N(C)CCN(C)C)c2)n1. The standard InChI is InChI=1S/C29H29ClF3N7O2/c1-5-25-35-17-36-26(38-25)20-7-6-12-34-28(20)42-19-9-10-22(30)23(16-19)37-27(41)21-15-18(29(31,32)33)8-11-24(21)40(4)14-13-39(2)3/h6-12,15-17H,5,13-14H2,1-4H3,(H,37,41). The quantitative estimate of drug-likeness (QED) is 0.230. The van der Waals surface area contributed by atoms with Crippen LogP contribution in [0.5, 0.6) is 11.6 Å². The number of carbonyl (C=O) groups excluding carboxylic acids is 1. The molecule has 1 N–H and O–H groups in total. The Morgan fingerprint density at radius 2 is 1.81 bits per heavy atom. The summed E-state index contributed by atoms with van der Waals surface area (Å²) in [4.78, 5) is 34.2. The number of nitrogens with one attached hydrogen (secondary N) is 1. The number of aromatic nitrogens is 4. The Kier molecular flexibility index (Phi) is 9.59. The van der Waals surface area contributed by atoms with Crippen molar-refractivity contribution < 1.29 is 22.7 Å². The van der Waals surface area contributed by atoms with Crippen LogP contribution < -0.4 is 15.0 Å². The Morgan fingerprint density at radius 3 is 2.52 bits per heavy atom. The van der Waals surface area contributed by atoms with Gasteiger partial charge in [-0.2, -0.15) is 13.2 Å². The number of alkyl halides is 3. The minimum absolute atomic E-state index is 0.143. The van der Waals surface area contributed by atoms with Crippen molar-refractivity contribution in [1.82, 2.24) is 24.8 Å². The van der Waals surface area contributed by atoms with Crippen molar-refractivity contribution in [2.24, 2.45) is 0 Å². The summed E-state index contributed by atoms with van der Waals surface area (Å²) >= 11 is 6.37. The first-order valence-electron chi connectivity index (χ1n) is 13.0. The molecular formula is C29H29ClF3N7O2. The molecule has 0 saturated carbocycles. The molecule has 0 radical (unpaired) electrons. The van der Waals surface area contributed by atoms with Crippen LogP contribution in [0.2, 0.25) is 5.02 Å². The Morgan fingerprint density at radius 1 is 1.02 bits per heavy atom. The van der Waals surface area contributed by atoms with Crippen LogP contribution in [0.25, 0.3) is 11.4 Å². The molecule has 2 heterocycles. The summed E-state index contributed by atoms with van der Waals surface area (Å²) in [5, 5.41) is 2.81. The Balaban J connectivity index is 1.64. The van der Waals surface area contributed by atoms with Gasteiger partial charge in [0.25, 0.3) is 5.91 Å². The van der Waals surface area contributed by atoms with Gasteiger partial charge < -0.3 is 19.9 Å². The van der Waals surface area contributed by atoms with E-state index in [2.05, 4.69) is 25.3 Å². The first-order chi connectivity index (χ1) is 20.0. The third kappa shape index (κ3) is 7.51. The van der Waals surface area contributed by atoms with Gasteiger partial charge >= 0.3 is 6.18 Å². The molecule has 13 heteroatoms. The maximum atomic E-state index is 13.6. The van der Waals surface area contributed by atoms with Crippen molar-refractivity contribution in [1.29, 1.82) is 0 Å². The second-order valence-corrected chi connectivity index (χ2v) is 9.99. The van der Waals surface area contributed by atoms with Crippen LogP contribution >= 0.6 is 11.6 Å². The number of rotatable bonds is 10. The third-order valence-electron chi connectivity index (χ3n) is 6.21. The number of pyridine rings is 1. The molecule has 4 aromatic rings. The van der Waals surface area contributed by atoms with Crippen molar-refractivity contribution in [2.45, 2.75) is 19.5 Å². The number of nitrogens with zero attached hydrogens (tertiary/aromatic N) is 6. The number of aryl methyl sites for hydroxylation is 1. The second kappa shape index (κ2) is 13.1. The lowest BCUT2D eigenvalue weighted by atomic mass is 10.1. The summed E-state index contributed by atoms with van der Waals surface area (Å²) in [6.07, 6.45) is -1.06. The number of halogens is 4. The molecule has 0 aliphatic heterocycles. The highest BCUT2D eigenvalue weighted by atomic mass is 35.5. The normalized spacial score (nSPS) is 11.5. The minimum atomic E-state index is -4.63. The number of amides is 1. The smallest absolute Gasteiger partial charge is 0.416 e. The van der Waals surface area contributed by atoms with Gasteiger partial charge in [0.05, 0.1) is 27.4 Å². The van der Waals surface area contributed by atoms with Crippen molar-refractivity contribution >= 4 is 28.9 Å². The Labute approximate surface area is 246 Å². The van der Waals surface area contributed by atoms with Gasteiger partial charge in [0, 0.05) is 44.5 Å². The summed E-state index contributed by atoms with van der Waals surface area (Å²) in [6, 6.07) is 11.1. The maximum Gasteiger partial charge on any atom is 0.416 e. The van der Waals surface area contributed by atoms with Gasteiger partial charge in [-0.15, -0.1) is 0 Å². The summed E-state index contributed by atoms with van der Waals surface area (Å²) in [5.74, 6) is 0.693. The molecule has 0 spiro atoms. The lowest BCUT2D eigenvalue weighted by Crippen LogP contribution is -2.30. The van der Waals surface area contributed by atoms with E-state index in [0.29, 0.717) is 42.4 Å². The lowest BCUT2D eigenvalue weighted by Gasteiger charge is -2.25. The van der Waals surface area contributed by atoms with E-state index >= 15 is 0 Å². The largest absolute Gasteiger partial charge is 0.438 e. The number of carbonyl (C=O) groups is 1. The minimum Gasteiger partial charge on any atom is -0.438 e. The van der Waals surface area contributed by atoms with Crippen molar-refractivity contribution in [3.63, 3.8) is 0 Å². The summed E-state index contributed by atoms with van der Waals surface area (Å²) in [5.41, 5.74) is -0.0865. The highest BCUT2D eigenvalue weighted by Crippen LogP contribution is 2.35. The van der Waals surface area contributed by atoms with E-state index in [4.69, 9.17) is 16.3 Å². The number of ether oxygens (including phenoxy) is 1. The lowest BCUT2D eigenvalue weighted by molar-refractivity contribution is -0.137. The molecule has 0 aliphatic carbocycles. The first-order valence-corrected chi connectivity index (χ1v) is 13.3. The van der Waals surface area contributed by atoms with Crippen molar-refractivity contribution in [3.05, 3.63) is 83.0 Å². The molecule has 42 heavy (non-hydrogen) atoms. The van der Waals surface area contributed by atoms with E-state index in [1.807, 2.05) is 25.9 Å². The van der Waals surface area contributed by atoms with Crippen LogP contribution in [0.4, 0.5) is 24.5 Å². The van der Waals surface area contributed by atoms with Gasteiger partial charge in [0.2, 0.25) is 5.88 Å². The third-order valence-corrected chi connectivity index (χ3v) is 6.54. The fourth-order valence-corrected chi connectivity index (χ4v) is 4.10. The molecule has 0 bridgehead atoms. The first kappa shape index (κ1) is 30.7. The van der Waals surface area contributed by atoms with E-state index in [9.17, 15) is 18.0 Å². The summed E-state index contributed by atoms with van der Waals surface area (Å²) in [7, 11) is 5.47. The van der Waals surface area contributed by atoms with Crippen LogP contribution in [0.3, 0.4) is 0 Å². The van der Waals surface area contributed by atoms with Crippen molar-refractivity contribution in [3.8, 4) is 23.0 Å². The number of benzene rings is 2. The predicted molar refractivity (Wildman–Crippen MR) is 155 cm³/mol. The molecular weight excluding hydrogens is 571 g/mol. The molecule has 4 rings (SSSR count). The zero-order valence-electron chi connectivity index (χ0n) is 23.4. The molecule has 0 saturated heterocycles. The number of hydrogen-bond acceptors (Lipinski definition) is 8. The van der Waals surface area contributed by atoms with E-state index in [1.54, 1.807) is 36.3 Å². The fraction of sp³-hybridized carbons (Fsp3) is 0.276. The Bertz CT molecular complexity index is 1570. The van der Waals surface area contributed by atoms with Crippen molar-refractivity contribution in [2.75, 3.05) is 44.4 Å². The highest BCUT2D eigenvalue weighted by Gasteiger charge is 2.32. The van der Waals surface area contributed by atoms with Gasteiger partial charge in [-0.1, -0.05) is 18.5 Å². The van der Waals surface area contributed by atoms with Crippen LogP contribution in [-0.4, -0.2) is 65.0 Å². The van der Waals surface area contributed by atoms with Crippen LogP contribution in [0, 0.1) is 0 Å². The molecule has 0 fully saturated rings. The molecule has 0 aliphatic rings. The van der Waals surface area contributed by atoms with Gasteiger partial charge in [-0.05, 0) is 56.6 Å². The number of likely N-dealkylation sites (N-methyl/N-ethyl adjacent to an activating group) is 2. The van der Waals surface area contributed by atoms with E-state index < -0.39 is 17.6 Å². The fourth-order valence-electron chi connectivity index (χ4n) is 3.94. The monoisotopic (exact) mass is 599 g/mol. The maximum absolute atomic E-state index is 13.6. The molecule has 1 amide bonds. The zero-order chi connectivity index (χ0) is 30.4. The van der Waals surface area contributed by atoms with Gasteiger partial charge in [-0.3, -0.25) is 4.79 Å². The summed E-state index contributed by atoms with van der Waals surface area (Å²) in [6.45, 7) is 3.03. The van der Waals surface area contributed by atoms with Gasteiger partial charge in [0.15, 0.2) is 5.82 Å². The molecule has 220 valence electrons. The Hall–Kier alpha value is -4.29. The molecule has 0 unspecified atom stereocenters. The van der Waals surface area contributed by atoms with Gasteiger partial charge in [-0.25, -0.2) is 19.9 Å². The van der Waals surface area contributed by atoms with Crippen LogP contribution in [0.15, 0.2) is 61.1 Å². The molecule has 2 aromatic carbocycles. The summed E-state index contributed by atoms with van der Waals surface area (Å²) < 4.78 is 46.7. The number of hydrogen-bond donors (Lipinski definition) is 1. The van der Waals surface area contributed by atoms with Gasteiger partial charge in [0.1, 0.15) is 17.9 Å². The highest BCUT2D eigenvalue weighted by molar-refractivity contribution is 6.34. The topological polar surface area (TPSA) is 96.4 Å². The van der Waals surface area contributed by atoms with E-state index in [1.165, 1.54) is 24.5 Å². The average Bonchev–Trinajstić information content (AvgIpc) is 2.97. The second-order valence-electron chi connectivity index (χ2n) is 9.59. The van der Waals surface area contributed by atoms with Crippen LogP contribution in [-0.2, 0) is 12.6 Å². The molecule has 9 nitrogen and oxygen atoms in total. The molecule has 2 aromatic heterocycles. The number of anilines is 2. The predicted octanol–water partition coefficient (Wildman–Crippen LogP) is 6.21. The van der Waals surface area contributed by atoms with Crippen LogP contribution in [0.1, 0.15) is 28.7 Å².